The number of benzene rings is 1. The summed E-state index contributed by atoms with van der Waals surface area (Å²) in [7, 11) is 5.37. The molecule has 0 atom stereocenters. The molecule has 0 spiro atoms. The lowest BCUT2D eigenvalue weighted by Gasteiger charge is -2.22. The third kappa shape index (κ3) is 6.80. The number of aromatic nitrogens is 1. The fraction of sp³-hybridized carbons (Fsp3) is 0.500. The van der Waals surface area contributed by atoms with Crippen LogP contribution in [0.15, 0.2) is 23.2 Å². The Morgan fingerprint density at radius 3 is 2.50 bits per heavy atom. The number of ether oxygens (including phenoxy) is 2. The zero-order chi connectivity index (χ0) is 19.8. The van der Waals surface area contributed by atoms with Crippen molar-refractivity contribution in [1.29, 1.82) is 0 Å². The van der Waals surface area contributed by atoms with E-state index in [0.717, 1.165) is 47.7 Å². The second-order valence-electron chi connectivity index (χ2n) is 6.27. The molecule has 0 amide bonds. The van der Waals surface area contributed by atoms with Gasteiger partial charge in [0, 0.05) is 25.0 Å². The zero-order valence-electron chi connectivity index (χ0n) is 17.5. The average molecular weight is 518 g/mol. The Morgan fingerprint density at radius 2 is 1.93 bits per heavy atom. The topological polar surface area (TPSA) is 59.0 Å². The first-order valence-electron chi connectivity index (χ1n) is 9.11. The monoisotopic (exact) mass is 518 g/mol. The minimum Gasteiger partial charge on any atom is -0.493 e. The van der Waals surface area contributed by atoms with Crippen molar-refractivity contribution in [2.24, 2.45) is 4.99 Å². The van der Waals surface area contributed by atoms with E-state index in [0.29, 0.717) is 6.54 Å². The van der Waals surface area contributed by atoms with Gasteiger partial charge in [0.1, 0.15) is 0 Å². The molecule has 0 saturated carbocycles. The van der Waals surface area contributed by atoms with E-state index in [1.807, 2.05) is 26.0 Å². The number of hydrogen-bond donors (Lipinski definition) is 1. The quantitative estimate of drug-likeness (QED) is 0.325. The SMILES string of the molecule is CCNC(=NCc1sc(C)nc1C)N(C)CCc1ccc(OC)c(OC)c1.I. The van der Waals surface area contributed by atoms with Crippen LogP contribution in [-0.2, 0) is 13.0 Å². The fourth-order valence-electron chi connectivity index (χ4n) is 2.78. The van der Waals surface area contributed by atoms with Gasteiger partial charge in [-0.2, -0.15) is 0 Å². The van der Waals surface area contributed by atoms with Crippen LogP contribution >= 0.6 is 35.3 Å². The van der Waals surface area contributed by atoms with Crippen LogP contribution in [0.5, 0.6) is 11.5 Å². The van der Waals surface area contributed by atoms with E-state index in [1.54, 1.807) is 25.6 Å². The number of halogens is 1. The first-order chi connectivity index (χ1) is 13.0. The van der Waals surface area contributed by atoms with Gasteiger partial charge in [-0.05, 0) is 44.9 Å². The summed E-state index contributed by atoms with van der Waals surface area (Å²) in [6.45, 7) is 8.50. The van der Waals surface area contributed by atoms with Crippen LogP contribution in [0.2, 0.25) is 0 Å². The number of aliphatic imine (C=N–C) groups is 1. The lowest BCUT2D eigenvalue weighted by atomic mass is 10.1. The molecule has 1 heterocycles. The number of methoxy groups -OCH3 is 2. The van der Waals surface area contributed by atoms with Gasteiger partial charge in [-0.25, -0.2) is 9.98 Å². The number of thiazole rings is 1. The van der Waals surface area contributed by atoms with Gasteiger partial charge < -0.3 is 19.7 Å². The summed E-state index contributed by atoms with van der Waals surface area (Å²) in [5, 5.41) is 4.46. The molecule has 28 heavy (non-hydrogen) atoms. The highest BCUT2D eigenvalue weighted by Gasteiger charge is 2.10. The second-order valence-corrected chi connectivity index (χ2v) is 7.56. The van der Waals surface area contributed by atoms with Crippen molar-refractivity contribution in [3.05, 3.63) is 39.3 Å². The van der Waals surface area contributed by atoms with Crippen LogP contribution in [0.4, 0.5) is 0 Å². The first-order valence-corrected chi connectivity index (χ1v) is 9.93. The van der Waals surface area contributed by atoms with Gasteiger partial charge in [0.2, 0.25) is 0 Å². The summed E-state index contributed by atoms with van der Waals surface area (Å²) < 4.78 is 10.7. The second kappa shape index (κ2) is 12.1. The van der Waals surface area contributed by atoms with Crippen molar-refractivity contribution >= 4 is 41.3 Å². The maximum Gasteiger partial charge on any atom is 0.194 e. The van der Waals surface area contributed by atoms with Crippen LogP contribution in [0.25, 0.3) is 0 Å². The molecule has 0 radical (unpaired) electrons. The summed E-state index contributed by atoms with van der Waals surface area (Å²) in [6.07, 6.45) is 0.889. The predicted octanol–water partition coefficient (Wildman–Crippen LogP) is 4.04. The normalized spacial score (nSPS) is 11.0. The summed E-state index contributed by atoms with van der Waals surface area (Å²) in [4.78, 5) is 12.6. The standard InChI is InChI=1S/C20H30N4O2S.HI/c1-7-21-20(22-13-19-14(2)23-15(3)27-19)24(4)11-10-16-8-9-17(25-5)18(12-16)26-6;/h8-9,12H,7,10-11,13H2,1-6H3,(H,21,22);1H. The summed E-state index contributed by atoms with van der Waals surface area (Å²) in [6, 6.07) is 6.05. The fourth-order valence-corrected chi connectivity index (χ4v) is 3.64. The molecule has 0 unspecified atom stereocenters. The largest absolute Gasteiger partial charge is 0.493 e. The number of aryl methyl sites for hydroxylation is 2. The Hall–Kier alpha value is -1.55. The molecular formula is C20H31IN4O2S. The number of hydrogen-bond acceptors (Lipinski definition) is 5. The first kappa shape index (κ1) is 24.5. The van der Waals surface area contributed by atoms with E-state index in [4.69, 9.17) is 14.5 Å². The van der Waals surface area contributed by atoms with E-state index in [-0.39, 0.29) is 24.0 Å². The van der Waals surface area contributed by atoms with Crippen molar-refractivity contribution in [2.75, 3.05) is 34.4 Å². The van der Waals surface area contributed by atoms with Crippen LogP contribution < -0.4 is 14.8 Å². The highest BCUT2D eigenvalue weighted by atomic mass is 127. The van der Waals surface area contributed by atoms with Crippen molar-refractivity contribution < 1.29 is 9.47 Å². The lowest BCUT2D eigenvalue weighted by Crippen LogP contribution is -2.39. The molecule has 1 aromatic heterocycles. The summed E-state index contributed by atoms with van der Waals surface area (Å²) in [5.41, 5.74) is 2.27. The zero-order valence-corrected chi connectivity index (χ0v) is 20.7. The molecule has 0 aliphatic rings. The summed E-state index contributed by atoms with van der Waals surface area (Å²) in [5.74, 6) is 2.41. The highest BCUT2D eigenvalue weighted by Crippen LogP contribution is 2.27. The number of likely N-dealkylation sites (N-methyl/N-ethyl adjacent to an activating group) is 1. The third-order valence-corrected chi connectivity index (χ3v) is 5.31. The van der Waals surface area contributed by atoms with E-state index in [1.165, 1.54) is 10.4 Å². The molecule has 156 valence electrons. The average Bonchev–Trinajstić information content (AvgIpc) is 2.99. The molecule has 0 bridgehead atoms. The molecule has 8 heteroatoms. The van der Waals surface area contributed by atoms with Gasteiger partial charge in [0.15, 0.2) is 17.5 Å². The Morgan fingerprint density at radius 1 is 1.21 bits per heavy atom. The molecule has 1 N–H and O–H groups in total. The van der Waals surface area contributed by atoms with Crippen LogP contribution in [0, 0.1) is 13.8 Å². The molecule has 0 saturated heterocycles. The van der Waals surface area contributed by atoms with Gasteiger partial charge in [0.25, 0.3) is 0 Å². The molecule has 6 nitrogen and oxygen atoms in total. The van der Waals surface area contributed by atoms with E-state index < -0.39 is 0 Å². The number of rotatable bonds is 8. The van der Waals surface area contributed by atoms with Crippen LogP contribution in [0.3, 0.4) is 0 Å². The maximum atomic E-state index is 5.39. The summed E-state index contributed by atoms with van der Waals surface area (Å²) >= 11 is 1.71. The van der Waals surface area contributed by atoms with Gasteiger partial charge in [0.05, 0.1) is 31.5 Å². The molecule has 0 aliphatic heterocycles. The van der Waals surface area contributed by atoms with Crippen molar-refractivity contribution in [3.63, 3.8) is 0 Å². The van der Waals surface area contributed by atoms with Crippen LogP contribution in [0.1, 0.15) is 28.1 Å². The molecule has 2 rings (SSSR count). The van der Waals surface area contributed by atoms with Gasteiger partial charge >= 0.3 is 0 Å². The Balaban J connectivity index is 0.00000392. The minimum atomic E-state index is 0. The number of nitrogens with zero attached hydrogens (tertiary/aromatic N) is 3. The van der Waals surface area contributed by atoms with Gasteiger partial charge in [-0.1, -0.05) is 6.07 Å². The third-order valence-electron chi connectivity index (χ3n) is 4.25. The van der Waals surface area contributed by atoms with Crippen LogP contribution in [-0.4, -0.2) is 50.2 Å². The smallest absolute Gasteiger partial charge is 0.194 e. The van der Waals surface area contributed by atoms with Gasteiger partial charge in [-0.3, -0.25) is 0 Å². The van der Waals surface area contributed by atoms with E-state index >= 15 is 0 Å². The molecule has 2 aromatic rings. The number of guanidine groups is 1. The highest BCUT2D eigenvalue weighted by molar-refractivity contribution is 14.0. The lowest BCUT2D eigenvalue weighted by molar-refractivity contribution is 0.354. The molecule has 0 aliphatic carbocycles. The van der Waals surface area contributed by atoms with Crippen molar-refractivity contribution in [2.45, 2.75) is 33.7 Å². The number of nitrogens with one attached hydrogen (secondary N) is 1. The van der Waals surface area contributed by atoms with Gasteiger partial charge in [-0.15, -0.1) is 35.3 Å². The molecule has 1 aromatic carbocycles. The minimum absolute atomic E-state index is 0. The van der Waals surface area contributed by atoms with Crippen molar-refractivity contribution in [1.82, 2.24) is 15.2 Å². The Kier molecular flexibility index (Phi) is 10.6. The predicted molar refractivity (Wildman–Crippen MR) is 128 cm³/mol. The Bertz CT molecular complexity index is 780. The van der Waals surface area contributed by atoms with E-state index in [9.17, 15) is 0 Å². The Labute approximate surface area is 189 Å². The van der Waals surface area contributed by atoms with Crippen molar-refractivity contribution in [3.8, 4) is 11.5 Å². The molecule has 0 fully saturated rings. The molecular weight excluding hydrogens is 487 g/mol. The van der Waals surface area contributed by atoms with E-state index in [2.05, 4.69) is 35.2 Å². The maximum absolute atomic E-state index is 5.39.